The molecule has 1 N–H and O–H groups in total. The number of nitrogens with zero attached hydrogens (tertiary/aromatic N) is 1. The molecule has 0 radical (unpaired) electrons. The molecule has 0 saturated heterocycles. The van der Waals surface area contributed by atoms with E-state index in [-0.39, 0.29) is 6.42 Å². The summed E-state index contributed by atoms with van der Waals surface area (Å²) in [4.78, 5) is 10.5. The van der Waals surface area contributed by atoms with Crippen LogP contribution in [0, 0.1) is 0 Å². The molecule has 0 unspecified atom stereocenters. The minimum absolute atomic E-state index is 0.155. The molecule has 0 saturated carbocycles. The lowest BCUT2D eigenvalue weighted by molar-refractivity contribution is -0.136. The van der Waals surface area contributed by atoms with Gasteiger partial charge in [-0.05, 0) is 6.07 Å². The van der Waals surface area contributed by atoms with Gasteiger partial charge in [-0.25, -0.2) is 0 Å². The summed E-state index contributed by atoms with van der Waals surface area (Å²) in [6.45, 7) is 0. The lowest BCUT2D eigenvalue weighted by Gasteiger charge is -1.97. The van der Waals surface area contributed by atoms with E-state index in [2.05, 4.69) is 21.1 Å². The number of halogens is 1. The molecule has 5 heteroatoms. The number of carbonyl (C=O) groups is 1. The van der Waals surface area contributed by atoms with Crippen molar-refractivity contribution in [2.75, 3.05) is 0 Å². The Morgan fingerprint density at radius 2 is 2.19 bits per heavy atom. The van der Waals surface area contributed by atoms with Gasteiger partial charge in [0, 0.05) is 16.1 Å². The number of benzene rings is 1. The van der Waals surface area contributed by atoms with Crippen LogP contribution in [-0.4, -0.2) is 16.2 Å². The molecular formula is C11H8BrNO3. The Morgan fingerprint density at radius 3 is 2.88 bits per heavy atom. The molecule has 0 amide bonds. The fraction of sp³-hybridized carbons (Fsp3) is 0.0909. The topological polar surface area (TPSA) is 63.3 Å². The third-order valence-corrected chi connectivity index (χ3v) is 2.73. The zero-order valence-electron chi connectivity index (χ0n) is 8.18. The van der Waals surface area contributed by atoms with E-state index < -0.39 is 5.97 Å². The molecule has 0 aliphatic carbocycles. The molecule has 1 aromatic carbocycles. The van der Waals surface area contributed by atoms with E-state index in [1.165, 1.54) is 0 Å². The van der Waals surface area contributed by atoms with Crippen LogP contribution in [0.25, 0.3) is 11.3 Å². The molecule has 0 spiro atoms. The molecule has 0 aliphatic rings. The molecule has 1 heterocycles. The van der Waals surface area contributed by atoms with Crippen LogP contribution in [0.15, 0.2) is 39.3 Å². The Morgan fingerprint density at radius 1 is 1.44 bits per heavy atom. The van der Waals surface area contributed by atoms with Crippen LogP contribution >= 0.6 is 15.9 Å². The zero-order chi connectivity index (χ0) is 11.5. The first-order valence-electron chi connectivity index (χ1n) is 4.59. The SMILES string of the molecule is O=C(O)Cc1cc(-c2ccccc2Br)no1. The number of hydrogen-bond donors (Lipinski definition) is 1. The highest BCUT2D eigenvalue weighted by Crippen LogP contribution is 2.27. The fourth-order valence-corrected chi connectivity index (χ4v) is 1.83. The summed E-state index contributed by atoms with van der Waals surface area (Å²) >= 11 is 3.40. The molecule has 1 aromatic heterocycles. The van der Waals surface area contributed by atoms with Gasteiger partial charge in [-0.15, -0.1) is 0 Å². The first kappa shape index (κ1) is 10.9. The number of aromatic nitrogens is 1. The lowest BCUT2D eigenvalue weighted by atomic mass is 10.1. The third-order valence-electron chi connectivity index (χ3n) is 2.03. The molecule has 0 aliphatic heterocycles. The van der Waals surface area contributed by atoms with Crippen molar-refractivity contribution >= 4 is 21.9 Å². The van der Waals surface area contributed by atoms with Crippen molar-refractivity contribution in [1.82, 2.24) is 5.16 Å². The van der Waals surface area contributed by atoms with Gasteiger partial charge in [-0.1, -0.05) is 39.3 Å². The van der Waals surface area contributed by atoms with Gasteiger partial charge in [0.25, 0.3) is 0 Å². The minimum Gasteiger partial charge on any atom is -0.481 e. The fourth-order valence-electron chi connectivity index (χ4n) is 1.34. The predicted molar refractivity (Wildman–Crippen MR) is 61.0 cm³/mol. The standard InChI is InChI=1S/C11H8BrNO3/c12-9-4-2-1-3-8(9)10-5-7(16-13-10)6-11(14)15/h1-5H,6H2,(H,14,15). The number of carboxylic acid groups (broad SMARTS) is 1. The molecule has 0 bridgehead atoms. The highest BCUT2D eigenvalue weighted by molar-refractivity contribution is 9.10. The molecule has 16 heavy (non-hydrogen) atoms. The van der Waals surface area contributed by atoms with E-state index in [0.717, 1.165) is 10.0 Å². The van der Waals surface area contributed by atoms with E-state index in [9.17, 15) is 4.79 Å². The van der Waals surface area contributed by atoms with Gasteiger partial charge in [0.15, 0.2) is 0 Å². The number of aliphatic carboxylic acids is 1. The second kappa shape index (κ2) is 4.49. The quantitative estimate of drug-likeness (QED) is 0.940. The summed E-state index contributed by atoms with van der Waals surface area (Å²) in [5, 5.41) is 12.4. The molecule has 2 aromatic rings. The second-order valence-electron chi connectivity index (χ2n) is 3.23. The van der Waals surface area contributed by atoms with Gasteiger partial charge in [0.05, 0.1) is 0 Å². The number of rotatable bonds is 3. The van der Waals surface area contributed by atoms with E-state index in [0.29, 0.717) is 11.5 Å². The molecule has 0 fully saturated rings. The van der Waals surface area contributed by atoms with Gasteiger partial charge >= 0.3 is 5.97 Å². The summed E-state index contributed by atoms with van der Waals surface area (Å²) in [6, 6.07) is 9.18. The van der Waals surface area contributed by atoms with Crippen molar-refractivity contribution in [3.8, 4) is 11.3 Å². The largest absolute Gasteiger partial charge is 0.481 e. The Hall–Kier alpha value is -1.62. The molecular weight excluding hydrogens is 274 g/mol. The van der Waals surface area contributed by atoms with Gasteiger partial charge in [0.2, 0.25) is 0 Å². The van der Waals surface area contributed by atoms with E-state index >= 15 is 0 Å². The maximum absolute atomic E-state index is 10.5. The minimum atomic E-state index is -0.935. The average molecular weight is 282 g/mol. The average Bonchev–Trinajstić information content (AvgIpc) is 2.66. The van der Waals surface area contributed by atoms with E-state index in [4.69, 9.17) is 9.63 Å². The summed E-state index contributed by atoms with van der Waals surface area (Å²) in [6.07, 6.45) is -0.155. The lowest BCUT2D eigenvalue weighted by Crippen LogP contribution is -1.97. The Balaban J connectivity index is 2.32. The van der Waals surface area contributed by atoms with Crippen molar-refractivity contribution in [3.05, 3.63) is 40.6 Å². The summed E-state index contributed by atoms with van der Waals surface area (Å²) in [7, 11) is 0. The maximum Gasteiger partial charge on any atom is 0.311 e. The van der Waals surface area contributed by atoms with Crippen LogP contribution in [0.1, 0.15) is 5.76 Å². The van der Waals surface area contributed by atoms with Crippen LogP contribution in [0.5, 0.6) is 0 Å². The van der Waals surface area contributed by atoms with Gasteiger partial charge < -0.3 is 9.63 Å². The van der Waals surface area contributed by atoms with Crippen molar-refractivity contribution < 1.29 is 14.4 Å². The molecule has 2 rings (SSSR count). The second-order valence-corrected chi connectivity index (χ2v) is 4.08. The summed E-state index contributed by atoms with van der Waals surface area (Å²) in [5.74, 6) is -0.590. The first-order valence-corrected chi connectivity index (χ1v) is 5.38. The summed E-state index contributed by atoms with van der Waals surface area (Å²) < 4.78 is 5.83. The monoisotopic (exact) mass is 281 g/mol. The van der Waals surface area contributed by atoms with Gasteiger partial charge in [-0.2, -0.15) is 0 Å². The van der Waals surface area contributed by atoms with Crippen molar-refractivity contribution in [2.45, 2.75) is 6.42 Å². The number of carboxylic acids is 1. The van der Waals surface area contributed by atoms with E-state index in [1.807, 2.05) is 24.3 Å². The Bertz CT molecular complexity index is 521. The highest BCUT2D eigenvalue weighted by Gasteiger charge is 2.11. The van der Waals surface area contributed by atoms with Gasteiger partial charge in [0.1, 0.15) is 17.9 Å². The first-order chi connectivity index (χ1) is 7.66. The summed E-state index contributed by atoms with van der Waals surface area (Å²) in [5.41, 5.74) is 1.51. The molecule has 4 nitrogen and oxygen atoms in total. The normalized spacial score (nSPS) is 10.3. The highest BCUT2D eigenvalue weighted by atomic mass is 79.9. The number of hydrogen-bond acceptors (Lipinski definition) is 3. The van der Waals surface area contributed by atoms with Crippen LogP contribution in [-0.2, 0) is 11.2 Å². The predicted octanol–water partition coefficient (Wildman–Crippen LogP) is 2.73. The maximum atomic E-state index is 10.5. The van der Waals surface area contributed by atoms with Crippen LogP contribution in [0.3, 0.4) is 0 Å². The molecule has 82 valence electrons. The van der Waals surface area contributed by atoms with Crippen molar-refractivity contribution in [1.29, 1.82) is 0 Å². The van der Waals surface area contributed by atoms with Crippen LogP contribution < -0.4 is 0 Å². The third kappa shape index (κ3) is 2.30. The Labute approximate surface area is 100 Å². The van der Waals surface area contributed by atoms with Crippen LogP contribution in [0.2, 0.25) is 0 Å². The zero-order valence-corrected chi connectivity index (χ0v) is 9.77. The Kier molecular flexibility index (Phi) is 3.05. The smallest absolute Gasteiger partial charge is 0.311 e. The molecule has 0 atom stereocenters. The van der Waals surface area contributed by atoms with Crippen molar-refractivity contribution in [3.63, 3.8) is 0 Å². The van der Waals surface area contributed by atoms with Crippen LogP contribution in [0.4, 0.5) is 0 Å². The van der Waals surface area contributed by atoms with Gasteiger partial charge in [-0.3, -0.25) is 4.79 Å². The van der Waals surface area contributed by atoms with Crippen molar-refractivity contribution in [2.24, 2.45) is 0 Å². The van der Waals surface area contributed by atoms with E-state index in [1.54, 1.807) is 6.07 Å².